The van der Waals surface area contributed by atoms with Crippen molar-refractivity contribution in [2.75, 3.05) is 0 Å². The molecule has 0 aromatic heterocycles. The average molecular weight is 257 g/mol. The van der Waals surface area contributed by atoms with Gasteiger partial charge in [-0.1, -0.05) is 61.3 Å². The maximum absolute atomic E-state index is 11.3. The van der Waals surface area contributed by atoms with Crippen molar-refractivity contribution in [3.8, 4) is 0 Å². The van der Waals surface area contributed by atoms with Gasteiger partial charge in [-0.15, -0.1) is 0 Å². The number of rotatable bonds is 6. The monoisotopic (exact) mass is 257 g/mol. The van der Waals surface area contributed by atoms with E-state index >= 15 is 0 Å². The summed E-state index contributed by atoms with van der Waals surface area (Å²) < 4.78 is 0. The van der Waals surface area contributed by atoms with Crippen molar-refractivity contribution < 1.29 is 4.79 Å². The van der Waals surface area contributed by atoms with Crippen molar-refractivity contribution in [1.82, 2.24) is 5.32 Å². The lowest BCUT2D eigenvalue weighted by Gasteiger charge is -2.37. The van der Waals surface area contributed by atoms with Crippen LogP contribution in [0.4, 0.5) is 0 Å². The van der Waals surface area contributed by atoms with Crippen molar-refractivity contribution in [2.45, 2.75) is 87.1 Å². The zero-order valence-corrected chi connectivity index (χ0v) is 13.9. The van der Waals surface area contributed by atoms with E-state index in [1.54, 1.807) is 6.92 Å². The molecule has 1 N–H and O–H groups in total. The standard InChI is InChI=1S/C14H29NO.C2H6/c1-7-9-12(10-8-2)13(14(4,5)6)15-11(3)16;1-2/h12-13H,7-10H2,1-6H3,(H,15,16);1-2H3. The Morgan fingerprint density at radius 3 is 1.67 bits per heavy atom. The molecule has 1 unspecified atom stereocenters. The predicted octanol–water partition coefficient (Wildman–Crippen LogP) is 4.78. The highest BCUT2D eigenvalue weighted by Crippen LogP contribution is 2.30. The zero-order chi connectivity index (χ0) is 14.8. The van der Waals surface area contributed by atoms with E-state index in [2.05, 4.69) is 39.9 Å². The van der Waals surface area contributed by atoms with Crippen LogP contribution in [0.1, 0.15) is 81.1 Å². The Labute approximate surface area is 115 Å². The first-order chi connectivity index (χ1) is 8.32. The second kappa shape index (κ2) is 10.4. The van der Waals surface area contributed by atoms with E-state index in [4.69, 9.17) is 0 Å². The van der Waals surface area contributed by atoms with Crippen LogP contribution < -0.4 is 5.32 Å². The molecule has 0 aliphatic carbocycles. The second-order valence-corrected chi connectivity index (χ2v) is 5.88. The highest BCUT2D eigenvalue weighted by Gasteiger charge is 2.31. The molecule has 2 heteroatoms. The topological polar surface area (TPSA) is 29.1 Å². The summed E-state index contributed by atoms with van der Waals surface area (Å²) in [6.45, 7) is 16.7. The lowest BCUT2D eigenvalue weighted by atomic mass is 9.75. The minimum Gasteiger partial charge on any atom is -0.353 e. The molecule has 0 aliphatic heterocycles. The summed E-state index contributed by atoms with van der Waals surface area (Å²) in [5.41, 5.74) is 0.140. The molecule has 2 nitrogen and oxygen atoms in total. The molecule has 0 heterocycles. The van der Waals surface area contributed by atoms with Crippen molar-refractivity contribution in [3.05, 3.63) is 0 Å². The molecule has 0 aliphatic rings. The predicted molar refractivity (Wildman–Crippen MR) is 81.7 cm³/mol. The summed E-state index contributed by atoms with van der Waals surface area (Å²) in [6, 6.07) is 0.296. The lowest BCUT2D eigenvalue weighted by molar-refractivity contribution is -0.121. The first kappa shape index (κ1) is 19.8. The van der Waals surface area contributed by atoms with Crippen LogP contribution in [0.2, 0.25) is 0 Å². The van der Waals surface area contributed by atoms with Crippen molar-refractivity contribution in [3.63, 3.8) is 0 Å². The molecule has 18 heavy (non-hydrogen) atoms. The molecule has 0 fully saturated rings. The van der Waals surface area contributed by atoms with Crippen LogP contribution in [0, 0.1) is 11.3 Å². The van der Waals surface area contributed by atoms with Gasteiger partial charge in [0.25, 0.3) is 0 Å². The van der Waals surface area contributed by atoms with Gasteiger partial charge in [-0.3, -0.25) is 4.79 Å². The number of hydrogen-bond acceptors (Lipinski definition) is 1. The third kappa shape index (κ3) is 8.54. The fourth-order valence-electron chi connectivity index (χ4n) is 2.48. The maximum atomic E-state index is 11.3. The molecule has 0 rings (SSSR count). The number of carbonyl (C=O) groups excluding carboxylic acids is 1. The Morgan fingerprint density at radius 1 is 1.06 bits per heavy atom. The van der Waals surface area contributed by atoms with Crippen molar-refractivity contribution in [2.24, 2.45) is 11.3 Å². The van der Waals surface area contributed by atoms with E-state index in [1.165, 1.54) is 25.7 Å². The van der Waals surface area contributed by atoms with Crippen LogP contribution in [0.5, 0.6) is 0 Å². The molecule has 0 spiro atoms. The summed E-state index contributed by atoms with van der Waals surface area (Å²) in [5.74, 6) is 0.705. The third-order valence-electron chi connectivity index (χ3n) is 3.08. The normalized spacial score (nSPS) is 12.7. The summed E-state index contributed by atoms with van der Waals surface area (Å²) in [5, 5.41) is 3.15. The van der Waals surface area contributed by atoms with Crippen molar-refractivity contribution in [1.29, 1.82) is 0 Å². The molecule has 0 bridgehead atoms. The quantitative estimate of drug-likeness (QED) is 0.729. The molecule has 0 aromatic rings. The van der Waals surface area contributed by atoms with Crippen LogP contribution in [-0.2, 0) is 4.79 Å². The number of carbonyl (C=O) groups is 1. The number of hydrogen-bond donors (Lipinski definition) is 1. The van der Waals surface area contributed by atoms with Gasteiger partial charge in [-0.25, -0.2) is 0 Å². The Bertz CT molecular complexity index is 200. The Hall–Kier alpha value is -0.530. The molecule has 0 saturated carbocycles. The minimum absolute atomic E-state index is 0.0946. The average Bonchev–Trinajstić information content (AvgIpc) is 2.27. The van der Waals surface area contributed by atoms with E-state index < -0.39 is 0 Å². The van der Waals surface area contributed by atoms with E-state index in [9.17, 15) is 4.79 Å². The first-order valence-corrected chi connectivity index (χ1v) is 7.60. The molecule has 0 radical (unpaired) electrons. The Kier molecular flexibility index (Phi) is 11.4. The highest BCUT2D eigenvalue weighted by atomic mass is 16.1. The molecular formula is C16H35NO. The van der Waals surface area contributed by atoms with Crippen LogP contribution in [0.15, 0.2) is 0 Å². The Balaban J connectivity index is 0. The molecule has 110 valence electrons. The summed E-state index contributed by atoms with van der Waals surface area (Å²) in [7, 11) is 0. The maximum Gasteiger partial charge on any atom is 0.217 e. The van der Waals surface area contributed by atoms with Gasteiger partial charge in [0.05, 0.1) is 0 Å². The third-order valence-corrected chi connectivity index (χ3v) is 3.08. The van der Waals surface area contributed by atoms with Crippen LogP contribution in [-0.4, -0.2) is 11.9 Å². The Morgan fingerprint density at radius 2 is 1.44 bits per heavy atom. The van der Waals surface area contributed by atoms with E-state index in [-0.39, 0.29) is 11.3 Å². The van der Waals surface area contributed by atoms with Crippen molar-refractivity contribution >= 4 is 5.91 Å². The van der Waals surface area contributed by atoms with E-state index in [0.717, 1.165) is 0 Å². The van der Waals surface area contributed by atoms with E-state index in [0.29, 0.717) is 12.0 Å². The van der Waals surface area contributed by atoms with Gasteiger partial charge in [-0.2, -0.15) is 0 Å². The van der Waals surface area contributed by atoms with Crippen LogP contribution in [0.3, 0.4) is 0 Å². The summed E-state index contributed by atoms with van der Waals surface area (Å²) in [4.78, 5) is 11.3. The smallest absolute Gasteiger partial charge is 0.217 e. The lowest BCUT2D eigenvalue weighted by Crippen LogP contribution is -2.47. The molecule has 1 amide bonds. The van der Waals surface area contributed by atoms with E-state index in [1.807, 2.05) is 13.8 Å². The van der Waals surface area contributed by atoms with Gasteiger partial charge < -0.3 is 5.32 Å². The van der Waals surface area contributed by atoms with Gasteiger partial charge >= 0.3 is 0 Å². The summed E-state index contributed by atoms with van der Waals surface area (Å²) in [6.07, 6.45) is 4.79. The largest absolute Gasteiger partial charge is 0.353 e. The van der Waals surface area contributed by atoms with Gasteiger partial charge in [0, 0.05) is 13.0 Å². The van der Waals surface area contributed by atoms with Gasteiger partial charge in [0.2, 0.25) is 5.91 Å². The highest BCUT2D eigenvalue weighted by molar-refractivity contribution is 5.73. The van der Waals surface area contributed by atoms with Crippen LogP contribution >= 0.6 is 0 Å². The molecular weight excluding hydrogens is 222 g/mol. The fourth-order valence-corrected chi connectivity index (χ4v) is 2.48. The SMILES string of the molecule is CC.CCCC(CCC)C(NC(C)=O)C(C)(C)C. The zero-order valence-electron chi connectivity index (χ0n) is 13.9. The van der Waals surface area contributed by atoms with Gasteiger partial charge in [0.15, 0.2) is 0 Å². The molecule has 0 aromatic carbocycles. The molecule has 1 atom stereocenters. The van der Waals surface area contributed by atoms with Gasteiger partial charge in [0.1, 0.15) is 0 Å². The number of nitrogens with one attached hydrogen (secondary N) is 1. The first-order valence-electron chi connectivity index (χ1n) is 7.60. The fraction of sp³-hybridized carbons (Fsp3) is 0.938. The number of amides is 1. The minimum atomic E-state index is 0.0946. The second-order valence-electron chi connectivity index (χ2n) is 5.88. The van der Waals surface area contributed by atoms with Crippen LogP contribution in [0.25, 0.3) is 0 Å². The summed E-state index contributed by atoms with van der Waals surface area (Å²) >= 11 is 0. The molecule has 0 saturated heterocycles. The van der Waals surface area contributed by atoms with Gasteiger partial charge in [-0.05, 0) is 24.2 Å².